The van der Waals surface area contributed by atoms with E-state index in [0.717, 1.165) is 38.2 Å². The highest BCUT2D eigenvalue weighted by molar-refractivity contribution is 9.10. The second-order valence-electron chi connectivity index (χ2n) is 8.17. The third-order valence-corrected chi connectivity index (χ3v) is 8.47. The molecule has 0 bridgehead atoms. The average Bonchev–Trinajstić information content (AvgIpc) is 3.42. The molecule has 0 aromatic heterocycles. The highest BCUT2D eigenvalue weighted by atomic mass is 79.9. The second kappa shape index (κ2) is 10.5. The number of halogens is 3. The molecule has 2 aliphatic rings. The predicted molar refractivity (Wildman–Crippen MR) is 150 cm³/mol. The van der Waals surface area contributed by atoms with Gasteiger partial charge in [-0.25, -0.2) is 4.99 Å². The molecular weight excluding hydrogens is 632 g/mol. The number of aryl methyl sites for hydroxylation is 2. The van der Waals surface area contributed by atoms with Crippen LogP contribution in [0.2, 0.25) is 5.02 Å². The van der Waals surface area contributed by atoms with Gasteiger partial charge in [0.1, 0.15) is 6.61 Å². The van der Waals surface area contributed by atoms with Gasteiger partial charge in [-0.2, -0.15) is 0 Å². The molecule has 0 saturated carbocycles. The summed E-state index contributed by atoms with van der Waals surface area (Å²) in [5.74, 6) is 1.73. The maximum atomic E-state index is 12.6. The highest BCUT2D eigenvalue weighted by Crippen LogP contribution is 2.38. The fraction of sp³-hybridized carbons (Fsp3) is 0.154. The molecule has 36 heavy (non-hydrogen) atoms. The summed E-state index contributed by atoms with van der Waals surface area (Å²) < 4.78 is 18.5. The molecule has 2 aliphatic heterocycles. The SMILES string of the molecule is Cc1cc(N=C2NC(=O)/C(=C/c3cc(Cl)c(OCc4ccc5c(c4)OCO5)c(Br)c3)S2)cc(C)c1Br. The Morgan fingerprint density at radius 1 is 1.11 bits per heavy atom. The summed E-state index contributed by atoms with van der Waals surface area (Å²) in [5.41, 5.74) is 4.64. The Labute approximate surface area is 234 Å². The summed E-state index contributed by atoms with van der Waals surface area (Å²) in [4.78, 5) is 17.7. The van der Waals surface area contributed by atoms with Gasteiger partial charge in [-0.15, -0.1) is 0 Å². The van der Waals surface area contributed by atoms with Crippen LogP contribution < -0.4 is 19.5 Å². The van der Waals surface area contributed by atoms with Crippen LogP contribution in [-0.2, 0) is 11.4 Å². The highest BCUT2D eigenvalue weighted by Gasteiger charge is 2.24. The van der Waals surface area contributed by atoms with Crippen LogP contribution in [0.1, 0.15) is 22.3 Å². The predicted octanol–water partition coefficient (Wildman–Crippen LogP) is 7.68. The molecule has 10 heteroatoms. The van der Waals surface area contributed by atoms with Gasteiger partial charge in [-0.05, 0) is 106 Å². The van der Waals surface area contributed by atoms with Gasteiger partial charge in [-0.3, -0.25) is 4.79 Å². The first-order valence-corrected chi connectivity index (χ1v) is 13.6. The van der Waals surface area contributed by atoms with Crippen LogP contribution in [0.3, 0.4) is 0 Å². The van der Waals surface area contributed by atoms with Crippen LogP contribution in [0.25, 0.3) is 6.08 Å². The summed E-state index contributed by atoms with van der Waals surface area (Å²) in [7, 11) is 0. The van der Waals surface area contributed by atoms with Crippen molar-refractivity contribution in [3.63, 3.8) is 0 Å². The first-order chi connectivity index (χ1) is 17.3. The van der Waals surface area contributed by atoms with Crippen LogP contribution in [0, 0.1) is 13.8 Å². The number of carbonyl (C=O) groups is 1. The normalized spacial score (nSPS) is 16.6. The van der Waals surface area contributed by atoms with Crippen molar-refractivity contribution in [1.82, 2.24) is 5.32 Å². The van der Waals surface area contributed by atoms with E-state index in [9.17, 15) is 4.79 Å². The lowest BCUT2D eigenvalue weighted by Crippen LogP contribution is -2.19. The zero-order chi connectivity index (χ0) is 25.4. The summed E-state index contributed by atoms with van der Waals surface area (Å²) in [6.45, 7) is 4.55. The molecule has 184 valence electrons. The van der Waals surface area contributed by atoms with Crippen molar-refractivity contribution in [2.75, 3.05) is 6.79 Å². The third-order valence-electron chi connectivity index (χ3n) is 5.44. The molecule has 0 spiro atoms. The van der Waals surface area contributed by atoms with Gasteiger partial charge in [0.05, 0.1) is 20.1 Å². The Hall–Kier alpha value is -2.46. The summed E-state index contributed by atoms with van der Waals surface area (Å²) in [6.07, 6.45) is 1.78. The Bertz CT molecular complexity index is 1410. The zero-order valence-corrected chi connectivity index (χ0v) is 23.9. The Balaban J connectivity index is 1.31. The molecule has 5 rings (SSSR count). The molecule has 3 aromatic carbocycles. The molecule has 0 radical (unpaired) electrons. The number of rotatable bonds is 5. The lowest BCUT2D eigenvalue weighted by molar-refractivity contribution is -0.115. The van der Waals surface area contributed by atoms with Crippen LogP contribution in [-0.4, -0.2) is 17.9 Å². The Morgan fingerprint density at radius 2 is 1.86 bits per heavy atom. The van der Waals surface area contributed by atoms with Gasteiger partial charge in [0.15, 0.2) is 22.4 Å². The van der Waals surface area contributed by atoms with E-state index in [4.69, 9.17) is 25.8 Å². The van der Waals surface area contributed by atoms with Crippen molar-refractivity contribution >= 4 is 78.1 Å². The van der Waals surface area contributed by atoms with E-state index in [-0.39, 0.29) is 12.7 Å². The third kappa shape index (κ3) is 5.44. The van der Waals surface area contributed by atoms with Crippen LogP contribution in [0.4, 0.5) is 5.69 Å². The van der Waals surface area contributed by atoms with Gasteiger partial charge in [0, 0.05) is 4.47 Å². The van der Waals surface area contributed by atoms with Gasteiger partial charge < -0.3 is 19.5 Å². The number of carbonyl (C=O) groups excluding carboxylic acids is 1. The fourth-order valence-corrected chi connectivity index (χ4v) is 5.78. The minimum atomic E-state index is -0.209. The molecule has 3 aromatic rings. The molecule has 2 heterocycles. The van der Waals surface area contributed by atoms with Crippen molar-refractivity contribution in [3.8, 4) is 17.2 Å². The largest absolute Gasteiger partial charge is 0.486 e. The monoisotopic (exact) mass is 648 g/mol. The number of nitrogens with zero attached hydrogens (tertiary/aromatic N) is 1. The molecule has 1 saturated heterocycles. The topological polar surface area (TPSA) is 69.2 Å². The number of benzene rings is 3. The fourth-order valence-electron chi connectivity index (χ4n) is 3.72. The number of aliphatic imine (C=N–C) groups is 1. The Kier molecular flexibility index (Phi) is 7.35. The lowest BCUT2D eigenvalue weighted by atomic mass is 10.1. The van der Waals surface area contributed by atoms with Gasteiger partial charge in [0.2, 0.25) is 6.79 Å². The summed E-state index contributed by atoms with van der Waals surface area (Å²) >= 11 is 14.9. The quantitative estimate of drug-likeness (QED) is 0.287. The average molecular weight is 651 g/mol. The molecule has 6 nitrogen and oxygen atoms in total. The summed E-state index contributed by atoms with van der Waals surface area (Å²) in [5, 5.41) is 3.78. The number of thioether (sulfide) groups is 1. The van der Waals surface area contributed by atoms with Gasteiger partial charge >= 0.3 is 0 Å². The number of fused-ring (bicyclic) bond motifs is 1. The second-order valence-corrected chi connectivity index (χ2v) is 11.3. The van der Waals surface area contributed by atoms with Crippen molar-refractivity contribution < 1.29 is 19.0 Å². The number of amidine groups is 1. The van der Waals surface area contributed by atoms with E-state index < -0.39 is 0 Å². The maximum absolute atomic E-state index is 12.6. The molecule has 1 amide bonds. The smallest absolute Gasteiger partial charge is 0.264 e. The molecule has 0 unspecified atom stereocenters. The van der Waals surface area contributed by atoms with E-state index in [2.05, 4.69) is 42.2 Å². The molecule has 0 aliphatic carbocycles. The molecule has 1 fully saturated rings. The zero-order valence-electron chi connectivity index (χ0n) is 19.2. The van der Waals surface area contributed by atoms with Crippen molar-refractivity contribution in [3.05, 3.63) is 83.6 Å². The van der Waals surface area contributed by atoms with Crippen LogP contribution >= 0.6 is 55.2 Å². The van der Waals surface area contributed by atoms with E-state index in [1.165, 1.54) is 11.8 Å². The van der Waals surface area contributed by atoms with E-state index in [1.54, 1.807) is 12.1 Å². The number of nitrogens with one attached hydrogen (secondary N) is 1. The van der Waals surface area contributed by atoms with E-state index >= 15 is 0 Å². The van der Waals surface area contributed by atoms with Crippen LogP contribution in [0.15, 0.2) is 61.3 Å². The summed E-state index contributed by atoms with van der Waals surface area (Å²) in [6, 6.07) is 13.2. The van der Waals surface area contributed by atoms with Gasteiger partial charge in [0.25, 0.3) is 5.91 Å². The van der Waals surface area contributed by atoms with E-state index in [1.807, 2.05) is 50.2 Å². The van der Waals surface area contributed by atoms with Crippen molar-refractivity contribution in [1.29, 1.82) is 0 Å². The molecular formula is C26H19Br2ClN2O4S. The van der Waals surface area contributed by atoms with Crippen molar-refractivity contribution in [2.45, 2.75) is 20.5 Å². The van der Waals surface area contributed by atoms with Crippen LogP contribution in [0.5, 0.6) is 17.2 Å². The first kappa shape index (κ1) is 25.2. The minimum absolute atomic E-state index is 0.209. The maximum Gasteiger partial charge on any atom is 0.264 e. The minimum Gasteiger partial charge on any atom is -0.486 e. The van der Waals surface area contributed by atoms with Crippen molar-refractivity contribution in [2.24, 2.45) is 4.99 Å². The molecule has 1 N–H and O–H groups in total. The number of amides is 1. The Morgan fingerprint density at radius 3 is 2.61 bits per heavy atom. The lowest BCUT2D eigenvalue weighted by Gasteiger charge is -2.12. The standard InChI is InChI=1S/C26H19Br2ClN2O4S/c1-13-5-17(6-14(2)23(13)28)30-26-31-25(32)22(36-26)10-16-7-18(27)24(19(29)8-16)33-11-15-3-4-20-21(9-15)35-12-34-20/h3-10H,11-12H2,1-2H3,(H,30,31,32)/b22-10-. The number of hydrogen-bond donors (Lipinski definition) is 1. The number of hydrogen-bond acceptors (Lipinski definition) is 6. The van der Waals surface area contributed by atoms with Gasteiger partial charge in [-0.1, -0.05) is 33.6 Å². The van der Waals surface area contributed by atoms with E-state index in [0.29, 0.717) is 37.7 Å². The first-order valence-electron chi connectivity index (χ1n) is 10.8. The number of ether oxygens (including phenoxy) is 3. The molecule has 0 atom stereocenters.